The fourth-order valence-corrected chi connectivity index (χ4v) is 4.42. The monoisotopic (exact) mass is 414 g/mol. The molecule has 0 saturated heterocycles. The van der Waals surface area contributed by atoms with Crippen LogP contribution in [0.25, 0.3) is 0 Å². The molecule has 2 atom stereocenters. The largest absolute Gasteiger partial charge is 0.350 e. The van der Waals surface area contributed by atoms with E-state index in [-0.39, 0.29) is 35.1 Å². The van der Waals surface area contributed by atoms with Gasteiger partial charge in [-0.05, 0) is 37.3 Å². The minimum atomic E-state index is -3.61. The number of amidine groups is 1. The highest BCUT2D eigenvalue weighted by Crippen LogP contribution is 2.32. The first-order valence-corrected chi connectivity index (χ1v) is 10.6. The number of sulfonamides is 1. The predicted molar refractivity (Wildman–Crippen MR) is 108 cm³/mol. The summed E-state index contributed by atoms with van der Waals surface area (Å²) in [4.78, 5) is 17.5. The fourth-order valence-electron chi connectivity index (χ4n) is 3.18. The zero-order chi connectivity index (χ0) is 18.7. The third-order valence-corrected chi connectivity index (χ3v) is 6.25. The summed E-state index contributed by atoms with van der Waals surface area (Å²) in [6.07, 6.45) is 4.50. The van der Waals surface area contributed by atoms with Crippen LogP contribution in [0.1, 0.15) is 44.6 Å². The highest BCUT2D eigenvalue weighted by Gasteiger charge is 2.34. The molecule has 1 saturated carbocycles. The number of halogens is 1. The maximum Gasteiger partial charge on any atom is 0.263 e. The van der Waals surface area contributed by atoms with Gasteiger partial charge in [-0.25, -0.2) is 8.42 Å². The Hall–Kier alpha value is -1.64. The van der Waals surface area contributed by atoms with Crippen molar-refractivity contribution in [3.8, 4) is 0 Å². The van der Waals surface area contributed by atoms with Crippen LogP contribution in [0.15, 0.2) is 34.2 Å². The summed E-state index contributed by atoms with van der Waals surface area (Å²) in [5, 5.41) is 3.01. The molecule has 0 bridgehead atoms. The molecule has 1 amide bonds. The zero-order valence-corrected chi connectivity index (χ0v) is 17.0. The standard InChI is InChI=1S/C18H26N4O3S.ClH/c1-2-3-7-14(18(23)21-15(11-19)12-9-10-12)20-17-13-6-4-5-8-16(13)26(24,25)22-17;/h4-6,8,12,14-15H,2-3,7,9-11,19H2,1H3,(H,20,22)(H,21,23);1H. The van der Waals surface area contributed by atoms with Crippen LogP contribution in [-0.4, -0.2) is 38.8 Å². The van der Waals surface area contributed by atoms with Crippen LogP contribution in [0, 0.1) is 5.92 Å². The van der Waals surface area contributed by atoms with Gasteiger partial charge in [0.25, 0.3) is 10.0 Å². The number of aliphatic imine (C=N–C) groups is 1. The Balaban J connectivity index is 0.00000261. The summed E-state index contributed by atoms with van der Waals surface area (Å²) in [5.41, 5.74) is 6.30. The summed E-state index contributed by atoms with van der Waals surface area (Å²) in [5.74, 6) is 0.513. The summed E-state index contributed by atoms with van der Waals surface area (Å²) in [7, 11) is -3.61. The number of benzene rings is 1. The summed E-state index contributed by atoms with van der Waals surface area (Å²) < 4.78 is 27.0. The molecule has 1 fully saturated rings. The van der Waals surface area contributed by atoms with Crippen molar-refractivity contribution in [2.75, 3.05) is 6.54 Å². The fraction of sp³-hybridized carbons (Fsp3) is 0.556. The van der Waals surface area contributed by atoms with Crippen molar-refractivity contribution in [2.24, 2.45) is 16.6 Å². The van der Waals surface area contributed by atoms with Gasteiger partial charge in [0.05, 0.1) is 4.90 Å². The molecule has 4 N–H and O–H groups in total. The second-order valence-corrected chi connectivity index (χ2v) is 8.58. The summed E-state index contributed by atoms with van der Waals surface area (Å²) in [6, 6.07) is 6.01. The van der Waals surface area contributed by atoms with Crippen molar-refractivity contribution in [1.82, 2.24) is 10.0 Å². The van der Waals surface area contributed by atoms with E-state index in [0.29, 0.717) is 24.4 Å². The molecule has 1 heterocycles. The van der Waals surface area contributed by atoms with E-state index in [1.54, 1.807) is 24.3 Å². The molecule has 1 aromatic carbocycles. The van der Waals surface area contributed by atoms with Crippen molar-refractivity contribution >= 4 is 34.2 Å². The Morgan fingerprint density at radius 1 is 1.37 bits per heavy atom. The number of fused-ring (bicyclic) bond motifs is 1. The lowest BCUT2D eigenvalue weighted by Crippen LogP contribution is -2.46. The van der Waals surface area contributed by atoms with E-state index in [9.17, 15) is 13.2 Å². The highest BCUT2D eigenvalue weighted by molar-refractivity contribution is 7.90. The first-order chi connectivity index (χ1) is 12.5. The van der Waals surface area contributed by atoms with Crippen molar-refractivity contribution in [1.29, 1.82) is 0 Å². The van der Waals surface area contributed by atoms with Gasteiger partial charge in [0.1, 0.15) is 11.9 Å². The van der Waals surface area contributed by atoms with Crippen LogP contribution in [0.3, 0.4) is 0 Å². The van der Waals surface area contributed by atoms with E-state index >= 15 is 0 Å². The number of carbonyl (C=O) groups excluding carboxylic acids is 1. The number of hydrogen-bond acceptors (Lipinski definition) is 5. The van der Waals surface area contributed by atoms with Crippen LogP contribution >= 0.6 is 12.4 Å². The smallest absolute Gasteiger partial charge is 0.263 e. The molecule has 1 aromatic rings. The molecule has 150 valence electrons. The lowest BCUT2D eigenvalue weighted by Gasteiger charge is -2.20. The van der Waals surface area contributed by atoms with Crippen molar-refractivity contribution in [3.05, 3.63) is 29.8 Å². The molecule has 9 heteroatoms. The Labute approximate surface area is 166 Å². The quantitative estimate of drug-likeness (QED) is 0.598. The number of carbonyl (C=O) groups is 1. The molecule has 0 aromatic heterocycles. The maximum absolute atomic E-state index is 12.8. The second-order valence-electron chi connectivity index (χ2n) is 6.93. The van der Waals surface area contributed by atoms with E-state index in [1.807, 2.05) is 6.92 Å². The molecule has 1 aliphatic carbocycles. The normalized spacial score (nSPS) is 20.9. The number of nitrogens with two attached hydrogens (primary N) is 1. The number of unbranched alkanes of at least 4 members (excludes halogenated alkanes) is 1. The summed E-state index contributed by atoms with van der Waals surface area (Å²) >= 11 is 0. The lowest BCUT2D eigenvalue weighted by atomic mass is 10.1. The number of nitrogens with one attached hydrogen (secondary N) is 2. The van der Waals surface area contributed by atoms with Crippen LogP contribution in [-0.2, 0) is 14.8 Å². The highest BCUT2D eigenvalue weighted by atomic mass is 35.5. The van der Waals surface area contributed by atoms with Crippen LogP contribution in [0.2, 0.25) is 0 Å². The van der Waals surface area contributed by atoms with E-state index in [0.717, 1.165) is 25.7 Å². The van der Waals surface area contributed by atoms with E-state index in [1.165, 1.54) is 0 Å². The SMILES string of the molecule is CCCCC(N=C1NS(=O)(=O)c2ccccc21)C(=O)NC(CN)C1CC1.Cl. The van der Waals surface area contributed by atoms with Gasteiger partial charge in [0, 0.05) is 18.2 Å². The average Bonchev–Trinajstić information content (AvgIpc) is 3.43. The van der Waals surface area contributed by atoms with Gasteiger partial charge in [-0.3, -0.25) is 14.5 Å². The Morgan fingerprint density at radius 2 is 2.07 bits per heavy atom. The third-order valence-electron chi connectivity index (χ3n) is 4.85. The molecule has 27 heavy (non-hydrogen) atoms. The number of rotatable bonds is 8. The number of nitrogens with zero attached hydrogens (tertiary/aromatic N) is 1. The maximum atomic E-state index is 12.8. The molecular formula is C18H27ClN4O3S. The number of hydrogen-bond donors (Lipinski definition) is 3. The minimum Gasteiger partial charge on any atom is -0.350 e. The molecule has 1 aliphatic heterocycles. The van der Waals surface area contributed by atoms with Gasteiger partial charge in [0.15, 0.2) is 0 Å². The summed E-state index contributed by atoms with van der Waals surface area (Å²) in [6.45, 7) is 2.45. The average molecular weight is 415 g/mol. The first kappa shape index (κ1) is 21.7. The van der Waals surface area contributed by atoms with E-state index in [4.69, 9.17) is 5.73 Å². The van der Waals surface area contributed by atoms with Crippen molar-refractivity contribution < 1.29 is 13.2 Å². The van der Waals surface area contributed by atoms with Crippen LogP contribution in [0.5, 0.6) is 0 Å². The minimum absolute atomic E-state index is 0. The van der Waals surface area contributed by atoms with E-state index < -0.39 is 16.1 Å². The van der Waals surface area contributed by atoms with Crippen LogP contribution < -0.4 is 15.8 Å². The van der Waals surface area contributed by atoms with Gasteiger partial charge >= 0.3 is 0 Å². The predicted octanol–water partition coefficient (Wildman–Crippen LogP) is 1.56. The molecule has 3 rings (SSSR count). The molecule has 0 spiro atoms. The topological polar surface area (TPSA) is 114 Å². The zero-order valence-electron chi connectivity index (χ0n) is 15.3. The first-order valence-electron chi connectivity index (χ1n) is 9.16. The van der Waals surface area contributed by atoms with Crippen molar-refractivity contribution in [3.63, 3.8) is 0 Å². The molecular weight excluding hydrogens is 388 g/mol. The lowest BCUT2D eigenvalue weighted by molar-refractivity contribution is -0.123. The Morgan fingerprint density at radius 3 is 2.70 bits per heavy atom. The van der Waals surface area contributed by atoms with Gasteiger partial charge in [0.2, 0.25) is 5.91 Å². The van der Waals surface area contributed by atoms with Gasteiger partial charge in [-0.1, -0.05) is 31.9 Å². The molecule has 2 unspecified atom stereocenters. The Bertz CT molecular complexity index is 809. The van der Waals surface area contributed by atoms with Crippen molar-refractivity contribution in [2.45, 2.75) is 56.0 Å². The molecule has 0 radical (unpaired) electrons. The molecule has 7 nitrogen and oxygen atoms in total. The van der Waals surface area contributed by atoms with Crippen LogP contribution in [0.4, 0.5) is 0 Å². The van der Waals surface area contributed by atoms with Gasteiger partial charge in [-0.15, -0.1) is 12.4 Å². The molecule has 2 aliphatic rings. The Kier molecular flexibility index (Phi) is 7.25. The van der Waals surface area contributed by atoms with Gasteiger partial charge in [-0.2, -0.15) is 0 Å². The number of amides is 1. The third kappa shape index (κ3) is 5.00. The second kappa shape index (κ2) is 9.03. The van der Waals surface area contributed by atoms with E-state index in [2.05, 4.69) is 15.0 Å². The van der Waals surface area contributed by atoms with Gasteiger partial charge < -0.3 is 11.1 Å².